The van der Waals surface area contributed by atoms with E-state index in [4.69, 9.17) is 15.0 Å². The molecule has 0 aliphatic carbocycles. The van der Waals surface area contributed by atoms with Gasteiger partial charge in [-0.25, -0.2) is 15.0 Å². The quantitative estimate of drug-likeness (QED) is 0.169. The summed E-state index contributed by atoms with van der Waals surface area (Å²) in [7, 11) is 0. The summed E-state index contributed by atoms with van der Waals surface area (Å²) in [5.41, 5.74) is 12.7. The summed E-state index contributed by atoms with van der Waals surface area (Å²) in [6, 6.07) is 73.1. The number of hydrogen-bond donors (Lipinski definition) is 0. The lowest BCUT2D eigenvalue weighted by atomic mass is 10.0. The van der Waals surface area contributed by atoms with Gasteiger partial charge in [0.25, 0.3) is 0 Å². The monoisotopic (exact) mass is 765 g/mol. The van der Waals surface area contributed by atoms with E-state index in [1.165, 1.54) is 43.4 Å². The Hall–Kier alpha value is -8.15. The van der Waals surface area contributed by atoms with Crippen LogP contribution in [0.25, 0.3) is 111 Å². The fraction of sp³-hybridized carbons (Fsp3) is 0. The molecule has 0 unspecified atom stereocenters. The predicted molar refractivity (Wildman–Crippen MR) is 248 cm³/mol. The van der Waals surface area contributed by atoms with Crippen molar-refractivity contribution in [1.82, 2.24) is 24.1 Å². The first-order valence-corrected chi connectivity index (χ1v) is 20.3. The number of nitrogens with zero attached hydrogens (tertiary/aromatic N) is 5. The van der Waals surface area contributed by atoms with Crippen molar-refractivity contribution < 1.29 is 0 Å². The average molecular weight is 766 g/mol. The van der Waals surface area contributed by atoms with Crippen molar-refractivity contribution in [3.63, 3.8) is 0 Å². The molecule has 0 radical (unpaired) electrons. The van der Waals surface area contributed by atoms with Crippen molar-refractivity contribution in [3.8, 4) is 56.5 Å². The fourth-order valence-electron chi connectivity index (χ4n) is 8.88. The highest BCUT2D eigenvalue weighted by Crippen LogP contribution is 2.39. The molecule has 0 N–H and O–H groups in total. The molecule has 0 saturated carbocycles. The van der Waals surface area contributed by atoms with Gasteiger partial charge >= 0.3 is 0 Å². The third-order valence-electron chi connectivity index (χ3n) is 11.8. The molecule has 60 heavy (non-hydrogen) atoms. The zero-order chi connectivity index (χ0) is 39.6. The molecule has 0 atom stereocenters. The predicted octanol–water partition coefficient (Wildman–Crippen LogP) is 13.9. The van der Waals surface area contributed by atoms with Gasteiger partial charge in [-0.1, -0.05) is 146 Å². The third kappa shape index (κ3) is 5.59. The molecule has 8 aromatic carbocycles. The van der Waals surface area contributed by atoms with E-state index in [0.29, 0.717) is 5.82 Å². The Bertz CT molecular complexity index is 3530. The van der Waals surface area contributed by atoms with Gasteiger partial charge in [0, 0.05) is 50.1 Å². The third-order valence-corrected chi connectivity index (χ3v) is 11.8. The van der Waals surface area contributed by atoms with Crippen LogP contribution in [0, 0.1) is 0 Å². The molecular formula is C55H35N5. The van der Waals surface area contributed by atoms with E-state index in [1.54, 1.807) is 0 Å². The number of hydrogen-bond acceptors (Lipinski definition) is 3. The highest BCUT2D eigenvalue weighted by molar-refractivity contribution is 6.12. The highest BCUT2D eigenvalue weighted by Gasteiger charge is 2.18. The van der Waals surface area contributed by atoms with E-state index in [2.05, 4.69) is 179 Å². The van der Waals surface area contributed by atoms with E-state index in [1.807, 2.05) is 42.6 Å². The summed E-state index contributed by atoms with van der Waals surface area (Å²) >= 11 is 0. The maximum Gasteiger partial charge on any atom is 0.161 e. The van der Waals surface area contributed by atoms with Gasteiger partial charge < -0.3 is 4.57 Å². The second-order valence-corrected chi connectivity index (χ2v) is 15.3. The van der Waals surface area contributed by atoms with E-state index >= 15 is 0 Å². The summed E-state index contributed by atoms with van der Waals surface area (Å²) in [6.45, 7) is 0. The van der Waals surface area contributed by atoms with Gasteiger partial charge in [0.05, 0.1) is 33.5 Å². The maximum atomic E-state index is 5.11. The van der Waals surface area contributed by atoms with Gasteiger partial charge in [-0.05, 0) is 82.6 Å². The Morgan fingerprint density at radius 2 is 0.883 bits per heavy atom. The number of para-hydroxylation sites is 2. The molecule has 4 heterocycles. The lowest BCUT2D eigenvalue weighted by molar-refractivity contribution is 1.07. The van der Waals surface area contributed by atoms with Crippen LogP contribution >= 0.6 is 0 Å². The molecule has 5 heteroatoms. The van der Waals surface area contributed by atoms with Crippen molar-refractivity contribution in [1.29, 1.82) is 0 Å². The molecule has 0 aliphatic heterocycles. The van der Waals surface area contributed by atoms with Gasteiger partial charge in [0.2, 0.25) is 0 Å². The molecule has 0 bridgehead atoms. The first-order chi connectivity index (χ1) is 29.7. The molecular weight excluding hydrogens is 731 g/mol. The number of rotatable bonds is 6. The van der Waals surface area contributed by atoms with Crippen LogP contribution in [0.4, 0.5) is 0 Å². The number of fused-ring (bicyclic) bond motifs is 7. The van der Waals surface area contributed by atoms with E-state index in [9.17, 15) is 0 Å². The molecule has 12 rings (SSSR count). The van der Waals surface area contributed by atoms with Crippen molar-refractivity contribution in [3.05, 3.63) is 212 Å². The van der Waals surface area contributed by atoms with Crippen LogP contribution < -0.4 is 0 Å². The molecule has 0 saturated heterocycles. The van der Waals surface area contributed by atoms with E-state index in [-0.39, 0.29) is 0 Å². The van der Waals surface area contributed by atoms with Crippen molar-refractivity contribution in [2.24, 2.45) is 0 Å². The smallest absolute Gasteiger partial charge is 0.161 e. The normalized spacial score (nSPS) is 11.7. The minimum absolute atomic E-state index is 0.635. The molecule has 12 aromatic rings. The summed E-state index contributed by atoms with van der Waals surface area (Å²) in [6.07, 6.45) is 1.90. The average Bonchev–Trinajstić information content (AvgIpc) is 3.84. The Kier molecular flexibility index (Phi) is 7.78. The van der Waals surface area contributed by atoms with Crippen molar-refractivity contribution in [2.45, 2.75) is 0 Å². The largest absolute Gasteiger partial charge is 0.309 e. The summed E-state index contributed by atoms with van der Waals surface area (Å²) in [4.78, 5) is 15.2. The maximum absolute atomic E-state index is 5.11. The topological polar surface area (TPSA) is 48.5 Å². The van der Waals surface area contributed by atoms with Gasteiger partial charge in [-0.2, -0.15) is 0 Å². The Labute approximate surface area is 346 Å². The highest BCUT2D eigenvalue weighted by atomic mass is 15.1. The standard InChI is InChI=1S/C55H35N5/c1-3-14-37(15-4-1)48-34-49(38-16-5-2-6-17-38)58-55(57-48)42-26-30-54(56-35-42)60-51-22-12-9-19-44(51)46-28-24-41(33-53(46)60)40-25-29-52-47(32-40)45-20-10-11-21-50(45)59(52)43-27-23-36-13-7-8-18-39(36)31-43/h1-35H. The fourth-order valence-corrected chi connectivity index (χ4v) is 8.88. The number of pyridine rings is 1. The first kappa shape index (κ1) is 33.9. The van der Waals surface area contributed by atoms with Gasteiger partial charge in [-0.3, -0.25) is 4.57 Å². The molecule has 0 fully saturated rings. The Balaban J connectivity index is 0.974. The van der Waals surface area contributed by atoms with Gasteiger partial charge in [-0.15, -0.1) is 0 Å². The minimum atomic E-state index is 0.635. The summed E-state index contributed by atoms with van der Waals surface area (Å²) in [5, 5.41) is 7.29. The van der Waals surface area contributed by atoms with Crippen LogP contribution in [-0.4, -0.2) is 24.1 Å². The molecule has 0 amide bonds. The first-order valence-electron chi connectivity index (χ1n) is 20.3. The zero-order valence-corrected chi connectivity index (χ0v) is 32.4. The molecule has 0 spiro atoms. The van der Waals surface area contributed by atoms with Crippen molar-refractivity contribution in [2.75, 3.05) is 0 Å². The molecule has 0 aliphatic rings. The molecule has 5 nitrogen and oxygen atoms in total. The van der Waals surface area contributed by atoms with E-state index in [0.717, 1.165) is 61.7 Å². The second-order valence-electron chi connectivity index (χ2n) is 15.3. The van der Waals surface area contributed by atoms with E-state index < -0.39 is 0 Å². The summed E-state index contributed by atoms with van der Waals surface area (Å²) < 4.78 is 4.67. The number of aromatic nitrogens is 5. The van der Waals surface area contributed by atoms with Gasteiger partial charge in [0.1, 0.15) is 5.82 Å². The van der Waals surface area contributed by atoms with Crippen LogP contribution in [0.1, 0.15) is 0 Å². The molecule has 4 aromatic heterocycles. The lowest BCUT2D eigenvalue weighted by Crippen LogP contribution is -1.99. The zero-order valence-electron chi connectivity index (χ0n) is 32.4. The van der Waals surface area contributed by atoms with Crippen LogP contribution in [0.3, 0.4) is 0 Å². The molecule has 280 valence electrons. The Morgan fingerprint density at radius 3 is 1.60 bits per heavy atom. The van der Waals surface area contributed by atoms with Crippen molar-refractivity contribution >= 4 is 54.4 Å². The minimum Gasteiger partial charge on any atom is -0.309 e. The summed E-state index contributed by atoms with van der Waals surface area (Å²) in [5.74, 6) is 1.47. The van der Waals surface area contributed by atoms with Gasteiger partial charge in [0.15, 0.2) is 5.82 Å². The van der Waals surface area contributed by atoms with Crippen LogP contribution in [0.2, 0.25) is 0 Å². The Morgan fingerprint density at radius 1 is 0.317 bits per heavy atom. The van der Waals surface area contributed by atoms with Crippen LogP contribution in [-0.2, 0) is 0 Å². The lowest BCUT2D eigenvalue weighted by Gasteiger charge is -2.11. The number of benzene rings is 8. The van der Waals surface area contributed by atoms with Crippen LogP contribution in [0.5, 0.6) is 0 Å². The SMILES string of the molecule is c1ccc(-c2cc(-c3ccccc3)nc(-c3ccc(-n4c5ccccc5c5ccc(-c6ccc7c(c6)c6ccccc6n7-c6ccc7ccccc7c6)cc54)nc3)n2)cc1. The second kappa shape index (κ2) is 13.8. The van der Waals surface area contributed by atoms with Crippen LogP contribution in [0.15, 0.2) is 212 Å².